The van der Waals surface area contributed by atoms with E-state index in [4.69, 9.17) is 0 Å². The van der Waals surface area contributed by atoms with Crippen molar-refractivity contribution >= 4 is 5.91 Å². The second-order valence-electron chi connectivity index (χ2n) is 5.93. The lowest BCUT2D eigenvalue weighted by molar-refractivity contribution is -0.138. The molecule has 102 valence electrons. The summed E-state index contributed by atoms with van der Waals surface area (Å²) in [7, 11) is 0. The fraction of sp³-hybridized carbons (Fsp3) is 0.562. The van der Waals surface area contributed by atoms with Gasteiger partial charge in [0.2, 0.25) is 5.91 Å². The molecule has 0 aliphatic carbocycles. The number of amides is 1. The minimum Gasteiger partial charge on any atom is -0.334 e. The van der Waals surface area contributed by atoms with Crippen molar-refractivity contribution in [2.45, 2.75) is 44.2 Å². The summed E-state index contributed by atoms with van der Waals surface area (Å²) < 4.78 is 0. The summed E-state index contributed by atoms with van der Waals surface area (Å²) in [4.78, 5) is 14.9. The van der Waals surface area contributed by atoms with E-state index >= 15 is 0 Å². The Morgan fingerprint density at radius 3 is 2.79 bits per heavy atom. The average molecular weight is 258 g/mol. The van der Waals surface area contributed by atoms with Gasteiger partial charge in [-0.25, -0.2) is 0 Å². The Morgan fingerprint density at radius 1 is 1.32 bits per heavy atom. The third kappa shape index (κ3) is 2.27. The molecule has 2 aliphatic heterocycles. The van der Waals surface area contributed by atoms with Crippen molar-refractivity contribution < 1.29 is 4.79 Å². The molecule has 2 aliphatic rings. The highest BCUT2D eigenvalue weighted by Gasteiger charge is 2.42. The highest BCUT2D eigenvalue weighted by atomic mass is 16.2. The van der Waals surface area contributed by atoms with Crippen molar-refractivity contribution in [3.63, 3.8) is 0 Å². The number of nitrogens with one attached hydrogen (secondary N) is 1. The molecule has 3 heteroatoms. The predicted molar refractivity (Wildman–Crippen MR) is 75.8 cm³/mol. The zero-order chi connectivity index (χ0) is 13.3. The van der Waals surface area contributed by atoms with Crippen molar-refractivity contribution in [3.05, 3.63) is 35.9 Å². The first kappa shape index (κ1) is 12.7. The van der Waals surface area contributed by atoms with Gasteiger partial charge in [-0.15, -0.1) is 0 Å². The summed E-state index contributed by atoms with van der Waals surface area (Å²) in [6.07, 6.45) is 4.27. The highest BCUT2D eigenvalue weighted by molar-refractivity contribution is 5.87. The number of hydrogen-bond acceptors (Lipinski definition) is 2. The van der Waals surface area contributed by atoms with Gasteiger partial charge in [0.05, 0.1) is 11.6 Å². The molecule has 1 amide bonds. The molecule has 2 heterocycles. The fourth-order valence-electron chi connectivity index (χ4n) is 3.43. The maximum absolute atomic E-state index is 12.8. The van der Waals surface area contributed by atoms with Gasteiger partial charge in [0.15, 0.2) is 0 Å². The number of rotatable bonds is 2. The Bertz CT molecular complexity index is 451. The van der Waals surface area contributed by atoms with Crippen LogP contribution in [0.25, 0.3) is 0 Å². The van der Waals surface area contributed by atoms with E-state index in [1.807, 2.05) is 6.07 Å². The molecule has 3 nitrogen and oxygen atoms in total. The van der Waals surface area contributed by atoms with Crippen LogP contribution >= 0.6 is 0 Å². The lowest BCUT2D eigenvalue weighted by atomic mass is 9.96. The molecule has 1 aromatic rings. The SMILES string of the molecule is CC1(C(=O)N2CCCC2c2ccccc2)CCCN1. The van der Waals surface area contributed by atoms with Crippen LogP contribution < -0.4 is 5.32 Å². The first-order valence-electron chi connectivity index (χ1n) is 7.32. The first-order valence-corrected chi connectivity index (χ1v) is 7.32. The Kier molecular flexibility index (Phi) is 3.31. The lowest BCUT2D eigenvalue weighted by Crippen LogP contribution is -2.52. The van der Waals surface area contributed by atoms with Crippen molar-refractivity contribution in [2.24, 2.45) is 0 Å². The normalized spacial score (nSPS) is 30.8. The minimum absolute atomic E-state index is 0.271. The maximum atomic E-state index is 12.8. The number of likely N-dealkylation sites (tertiary alicyclic amines) is 1. The van der Waals surface area contributed by atoms with Gasteiger partial charge in [-0.05, 0) is 44.7 Å². The van der Waals surface area contributed by atoms with E-state index in [0.717, 1.165) is 38.8 Å². The molecule has 0 spiro atoms. The van der Waals surface area contributed by atoms with Crippen LogP contribution in [0.4, 0.5) is 0 Å². The summed E-state index contributed by atoms with van der Waals surface area (Å²) in [5.74, 6) is 0.288. The molecule has 0 bridgehead atoms. The molecule has 19 heavy (non-hydrogen) atoms. The summed E-state index contributed by atoms with van der Waals surface area (Å²) in [5.41, 5.74) is 0.937. The quantitative estimate of drug-likeness (QED) is 0.884. The molecule has 1 N–H and O–H groups in total. The molecule has 0 saturated carbocycles. The van der Waals surface area contributed by atoms with Crippen LogP contribution in [0.2, 0.25) is 0 Å². The van der Waals surface area contributed by atoms with E-state index in [0.29, 0.717) is 0 Å². The van der Waals surface area contributed by atoms with Crippen LogP contribution in [-0.2, 0) is 4.79 Å². The molecule has 1 aromatic carbocycles. The van der Waals surface area contributed by atoms with Crippen LogP contribution in [0.1, 0.15) is 44.2 Å². The largest absolute Gasteiger partial charge is 0.334 e. The van der Waals surface area contributed by atoms with Gasteiger partial charge in [0, 0.05) is 6.54 Å². The Morgan fingerprint density at radius 2 is 2.11 bits per heavy atom. The number of benzene rings is 1. The van der Waals surface area contributed by atoms with E-state index in [1.54, 1.807) is 0 Å². The molecule has 0 aromatic heterocycles. The molecule has 2 saturated heterocycles. The van der Waals surface area contributed by atoms with Gasteiger partial charge in [-0.1, -0.05) is 30.3 Å². The number of carbonyl (C=O) groups excluding carboxylic acids is 1. The Hall–Kier alpha value is -1.35. The third-order valence-corrected chi connectivity index (χ3v) is 4.54. The van der Waals surface area contributed by atoms with Gasteiger partial charge in [-0.2, -0.15) is 0 Å². The molecule has 2 atom stereocenters. The van der Waals surface area contributed by atoms with Crippen molar-refractivity contribution in [2.75, 3.05) is 13.1 Å². The van der Waals surface area contributed by atoms with Crippen LogP contribution in [0.5, 0.6) is 0 Å². The molecule has 0 radical (unpaired) electrons. The topological polar surface area (TPSA) is 32.3 Å². The lowest BCUT2D eigenvalue weighted by Gasteiger charge is -2.33. The number of nitrogens with zero attached hydrogens (tertiary/aromatic N) is 1. The minimum atomic E-state index is -0.336. The summed E-state index contributed by atoms with van der Waals surface area (Å²) in [6, 6.07) is 10.7. The number of hydrogen-bond donors (Lipinski definition) is 1. The van der Waals surface area contributed by atoms with E-state index in [-0.39, 0.29) is 17.5 Å². The van der Waals surface area contributed by atoms with E-state index in [9.17, 15) is 4.79 Å². The molecular formula is C16H22N2O. The van der Waals surface area contributed by atoms with Crippen LogP contribution in [0.3, 0.4) is 0 Å². The van der Waals surface area contributed by atoms with Gasteiger partial charge in [0.1, 0.15) is 0 Å². The Balaban J connectivity index is 1.82. The van der Waals surface area contributed by atoms with Crippen LogP contribution in [-0.4, -0.2) is 29.4 Å². The molecule has 3 rings (SSSR count). The monoisotopic (exact) mass is 258 g/mol. The smallest absolute Gasteiger partial charge is 0.243 e. The summed E-state index contributed by atoms with van der Waals surface area (Å²) >= 11 is 0. The second kappa shape index (κ2) is 4.97. The van der Waals surface area contributed by atoms with Gasteiger partial charge in [-0.3, -0.25) is 4.79 Å². The average Bonchev–Trinajstić information content (AvgIpc) is 3.08. The second-order valence-corrected chi connectivity index (χ2v) is 5.93. The van der Waals surface area contributed by atoms with Crippen molar-refractivity contribution in [1.29, 1.82) is 0 Å². The maximum Gasteiger partial charge on any atom is 0.243 e. The standard InChI is InChI=1S/C16H22N2O/c1-16(10-6-11-17-16)15(19)18-12-5-9-14(18)13-7-3-2-4-8-13/h2-4,7-8,14,17H,5-6,9-12H2,1H3. The molecular weight excluding hydrogens is 236 g/mol. The predicted octanol–water partition coefficient (Wildman–Crippen LogP) is 2.49. The third-order valence-electron chi connectivity index (χ3n) is 4.54. The van der Waals surface area contributed by atoms with Crippen molar-refractivity contribution in [1.82, 2.24) is 10.2 Å². The molecule has 2 unspecified atom stereocenters. The number of carbonyl (C=O) groups is 1. The summed E-state index contributed by atoms with van der Waals surface area (Å²) in [6.45, 7) is 3.92. The van der Waals surface area contributed by atoms with Crippen molar-refractivity contribution in [3.8, 4) is 0 Å². The van der Waals surface area contributed by atoms with E-state index in [1.165, 1.54) is 5.56 Å². The highest BCUT2D eigenvalue weighted by Crippen LogP contribution is 2.35. The van der Waals surface area contributed by atoms with Gasteiger partial charge in [0.25, 0.3) is 0 Å². The zero-order valence-corrected chi connectivity index (χ0v) is 11.6. The molecule has 2 fully saturated rings. The fourth-order valence-corrected chi connectivity index (χ4v) is 3.43. The van der Waals surface area contributed by atoms with Crippen LogP contribution in [0.15, 0.2) is 30.3 Å². The van der Waals surface area contributed by atoms with E-state index in [2.05, 4.69) is 41.4 Å². The first-order chi connectivity index (χ1) is 9.21. The zero-order valence-electron chi connectivity index (χ0n) is 11.6. The van der Waals surface area contributed by atoms with Crippen LogP contribution in [0, 0.1) is 0 Å². The van der Waals surface area contributed by atoms with Gasteiger partial charge >= 0.3 is 0 Å². The summed E-state index contributed by atoms with van der Waals surface area (Å²) in [5, 5.41) is 3.39. The Labute approximate surface area is 115 Å². The van der Waals surface area contributed by atoms with E-state index < -0.39 is 0 Å². The van der Waals surface area contributed by atoms with Gasteiger partial charge < -0.3 is 10.2 Å².